The lowest BCUT2D eigenvalue weighted by Gasteiger charge is -2.22. The van der Waals surface area contributed by atoms with Gasteiger partial charge >= 0.3 is 11.9 Å². The van der Waals surface area contributed by atoms with Gasteiger partial charge in [-0.15, -0.1) is 0 Å². The van der Waals surface area contributed by atoms with Crippen LogP contribution in [0.25, 0.3) is 11.6 Å². The first kappa shape index (κ1) is 13.7. The molecule has 0 spiro atoms. The lowest BCUT2D eigenvalue weighted by molar-refractivity contribution is -0.142. The molecule has 3 rings (SSSR count). The number of carboxylic acids is 2. The van der Waals surface area contributed by atoms with Gasteiger partial charge in [-0.3, -0.25) is 4.79 Å². The highest BCUT2D eigenvalue weighted by molar-refractivity contribution is 6.28. The van der Waals surface area contributed by atoms with Gasteiger partial charge in [0.2, 0.25) is 0 Å². The van der Waals surface area contributed by atoms with Crippen molar-refractivity contribution in [2.75, 3.05) is 0 Å². The van der Waals surface area contributed by atoms with Crippen molar-refractivity contribution in [3.8, 4) is 11.6 Å². The smallest absolute Gasteiger partial charge is 0.356 e. The number of rotatable bonds is 3. The Morgan fingerprint density at radius 3 is 2.71 bits per heavy atom. The van der Waals surface area contributed by atoms with Gasteiger partial charge in [-0.05, 0) is 36.6 Å². The van der Waals surface area contributed by atoms with E-state index < -0.39 is 17.9 Å². The van der Waals surface area contributed by atoms with Gasteiger partial charge in [0.15, 0.2) is 22.5 Å². The zero-order valence-electron chi connectivity index (χ0n) is 10.7. The zero-order valence-corrected chi connectivity index (χ0v) is 11.5. The van der Waals surface area contributed by atoms with Crippen LogP contribution in [0.4, 0.5) is 0 Å². The number of aliphatic carboxylic acids is 1. The number of fused-ring (bicyclic) bond motifs is 1. The quantitative estimate of drug-likeness (QED) is 0.899. The first-order valence-electron chi connectivity index (χ1n) is 6.28. The van der Waals surface area contributed by atoms with Crippen LogP contribution in [-0.4, -0.2) is 31.7 Å². The summed E-state index contributed by atoms with van der Waals surface area (Å²) in [6.45, 7) is 0.165. The second-order valence-electron chi connectivity index (χ2n) is 4.82. The first-order valence-corrected chi connectivity index (χ1v) is 6.66. The molecule has 0 aromatic carbocycles. The fourth-order valence-corrected chi connectivity index (χ4v) is 2.70. The van der Waals surface area contributed by atoms with Crippen LogP contribution < -0.4 is 0 Å². The summed E-state index contributed by atoms with van der Waals surface area (Å²) in [6, 6.07) is 3.10. The maximum atomic E-state index is 11.3. The van der Waals surface area contributed by atoms with Crippen LogP contribution in [-0.2, 0) is 17.8 Å². The van der Waals surface area contributed by atoms with Gasteiger partial charge in [0.25, 0.3) is 0 Å². The van der Waals surface area contributed by atoms with E-state index in [-0.39, 0.29) is 17.5 Å². The molecule has 0 amide bonds. The molecule has 1 unspecified atom stereocenters. The van der Waals surface area contributed by atoms with E-state index in [1.165, 1.54) is 6.07 Å². The summed E-state index contributed by atoms with van der Waals surface area (Å²) in [5.74, 6) is -2.01. The third-order valence-electron chi connectivity index (χ3n) is 3.55. The van der Waals surface area contributed by atoms with Crippen molar-refractivity contribution < 1.29 is 24.2 Å². The Morgan fingerprint density at radius 1 is 1.38 bits per heavy atom. The molecule has 1 atom stereocenters. The Kier molecular flexibility index (Phi) is 3.21. The number of aromatic nitrogens is 2. The van der Waals surface area contributed by atoms with Crippen molar-refractivity contribution in [3.05, 3.63) is 28.7 Å². The van der Waals surface area contributed by atoms with Gasteiger partial charge in [0.1, 0.15) is 0 Å². The largest absolute Gasteiger partial charge is 0.481 e. The number of halogens is 1. The SMILES string of the molecule is O=C(O)c1nc(-c2ccc(Cl)o2)n2c1CCC(C(=O)O)C2. The number of aromatic carboxylic acids is 1. The third-order valence-corrected chi connectivity index (χ3v) is 3.75. The molecular formula is C13H11ClN2O5. The molecule has 7 nitrogen and oxygen atoms in total. The lowest BCUT2D eigenvalue weighted by Crippen LogP contribution is -2.27. The third kappa shape index (κ3) is 2.29. The normalized spacial score (nSPS) is 17.5. The summed E-state index contributed by atoms with van der Waals surface area (Å²) >= 11 is 5.73. The van der Waals surface area contributed by atoms with Crippen LogP contribution in [0.5, 0.6) is 0 Å². The number of hydrogen-bond acceptors (Lipinski definition) is 4. The molecule has 0 saturated carbocycles. The fraction of sp³-hybridized carbons (Fsp3) is 0.308. The van der Waals surface area contributed by atoms with Gasteiger partial charge < -0.3 is 19.2 Å². The topological polar surface area (TPSA) is 106 Å². The second kappa shape index (κ2) is 4.92. The summed E-state index contributed by atoms with van der Waals surface area (Å²) in [5.41, 5.74) is 0.448. The lowest BCUT2D eigenvalue weighted by atomic mass is 9.97. The number of carboxylic acid groups (broad SMARTS) is 2. The molecule has 0 saturated heterocycles. The van der Waals surface area contributed by atoms with E-state index in [1.807, 2.05) is 0 Å². The van der Waals surface area contributed by atoms with E-state index in [4.69, 9.17) is 21.1 Å². The highest BCUT2D eigenvalue weighted by Crippen LogP contribution is 2.31. The minimum Gasteiger partial charge on any atom is -0.481 e. The summed E-state index contributed by atoms with van der Waals surface area (Å²) < 4.78 is 6.86. The molecule has 2 aromatic heterocycles. The second-order valence-corrected chi connectivity index (χ2v) is 5.20. The number of carbonyl (C=O) groups is 2. The Morgan fingerprint density at radius 2 is 2.14 bits per heavy atom. The Balaban J connectivity index is 2.13. The molecular weight excluding hydrogens is 300 g/mol. The van der Waals surface area contributed by atoms with Crippen molar-refractivity contribution in [2.24, 2.45) is 5.92 Å². The molecule has 0 fully saturated rings. The van der Waals surface area contributed by atoms with Gasteiger partial charge in [0.05, 0.1) is 11.6 Å². The first-order chi connectivity index (χ1) is 9.97. The van der Waals surface area contributed by atoms with Crippen molar-refractivity contribution in [1.82, 2.24) is 9.55 Å². The highest BCUT2D eigenvalue weighted by Gasteiger charge is 2.32. The molecule has 0 radical (unpaired) electrons. The van der Waals surface area contributed by atoms with Crippen molar-refractivity contribution in [3.63, 3.8) is 0 Å². The maximum Gasteiger partial charge on any atom is 0.356 e. The maximum absolute atomic E-state index is 11.3. The van der Waals surface area contributed by atoms with Crippen LogP contribution in [0, 0.1) is 5.92 Å². The van der Waals surface area contributed by atoms with Crippen LogP contribution in [0.1, 0.15) is 22.6 Å². The summed E-state index contributed by atoms with van der Waals surface area (Å²) in [5, 5.41) is 18.5. The summed E-state index contributed by atoms with van der Waals surface area (Å²) in [4.78, 5) is 26.5. The molecule has 21 heavy (non-hydrogen) atoms. The number of furan rings is 1. The minimum absolute atomic E-state index is 0.0682. The molecule has 110 valence electrons. The molecule has 1 aliphatic rings. The van der Waals surface area contributed by atoms with Crippen LogP contribution in [0.15, 0.2) is 16.5 Å². The van der Waals surface area contributed by atoms with E-state index >= 15 is 0 Å². The Hall–Kier alpha value is -2.28. The predicted molar refractivity (Wildman–Crippen MR) is 71.3 cm³/mol. The average molecular weight is 311 g/mol. The number of imidazole rings is 1. The van der Waals surface area contributed by atoms with E-state index in [0.29, 0.717) is 30.1 Å². The molecule has 1 aliphatic heterocycles. The standard InChI is InChI=1S/C13H11ClN2O5/c14-9-4-3-8(21-9)11-15-10(13(19)20)7-2-1-6(12(17)18)5-16(7)11/h3-4,6H,1-2,5H2,(H,17,18)(H,19,20). The van der Waals surface area contributed by atoms with Gasteiger partial charge in [-0.25, -0.2) is 9.78 Å². The highest BCUT2D eigenvalue weighted by atomic mass is 35.5. The number of nitrogens with zero attached hydrogens (tertiary/aromatic N) is 2. The predicted octanol–water partition coefficient (Wildman–Crippen LogP) is 2.14. The molecule has 3 heterocycles. The Labute approximate surface area is 123 Å². The number of hydrogen-bond donors (Lipinski definition) is 2. The average Bonchev–Trinajstić information content (AvgIpc) is 3.01. The van der Waals surface area contributed by atoms with Crippen LogP contribution in [0.3, 0.4) is 0 Å². The van der Waals surface area contributed by atoms with Crippen molar-refractivity contribution >= 4 is 23.5 Å². The monoisotopic (exact) mass is 310 g/mol. The van der Waals surface area contributed by atoms with E-state index in [0.717, 1.165) is 0 Å². The van der Waals surface area contributed by atoms with Gasteiger partial charge in [-0.1, -0.05) is 0 Å². The molecule has 0 aliphatic carbocycles. The van der Waals surface area contributed by atoms with Crippen molar-refractivity contribution in [2.45, 2.75) is 19.4 Å². The molecule has 0 bridgehead atoms. The zero-order chi connectivity index (χ0) is 15.1. The van der Waals surface area contributed by atoms with E-state index in [2.05, 4.69) is 4.98 Å². The molecule has 2 N–H and O–H groups in total. The fourth-order valence-electron chi connectivity index (χ4n) is 2.55. The summed E-state index contributed by atoms with van der Waals surface area (Å²) in [6.07, 6.45) is 0.736. The van der Waals surface area contributed by atoms with E-state index in [9.17, 15) is 14.7 Å². The van der Waals surface area contributed by atoms with Crippen LogP contribution in [0.2, 0.25) is 5.22 Å². The molecule has 8 heteroatoms. The summed E-state index contributed by atoms with van der Waals surface area (Å²) in [7, 11) is 0. The van der Waals surface area contributed by atoms with E-state index in [1.54, 1.807) is 10.6 Å². The Bertz CT molecular complexity index is 733. The van der Waals surface area contributed by atoms with Crippen molar-refractivity contribution in [1.29, 1.82) is 0 Å². The van der Waals surface area contributed by atoms with Gasteiger partial charge in [0, 0.05) is 6.54 Å². The minimum atomic E-state index is -1.14. The molecule has 2 aromatic rings. The van der Waals surface area contributed by atoms with Gasteiger partial charge in [-0.2, -0.15) is 0 Å². The van der Waals surface area contributed by atoms with Crippen LogP contribution >= 0.6 is 11.6 Å².